The fourth-order valence-corrected chi connectivity index (χ4v) is 7.19. The standard InChI is InChI=1S/C19H26N2O5/c1-2-25-14(22)17-6-16(7-17,26-18(17)9-24-10-18)8-20-15(23)21-19-5-11-3-12(19)13(19)4-11/h11-13H,2-10H2,1H3,(H2,20,21,23). The normalized spacial score (nSPS) is 50.1. The van der Waals surface area contributed by atoms with Crippen LogP contribution in [0.4, 0.5) is 4.79 Å². The molecule has 1 spiro atoms. The summed E-state index contributed by atoms with van der Waals surface area (Å²) in [6.45, 7) is 3.51. The molecular formula is C19H26N2O5. The molecule has 26 heavy (non-hydrogen) atoms. The molecule has 7 nitrogen and oxygen atoms in total. The summed E-state index contributed by atoms with van der Waals surface area (Å²) in [6, 6.07) is -0.0857. The van der Waals surface area contributed by atoms with Gasteiger partial charge in [0.15, 0.2) is 0 Å². The molecule has 2 atom stereocenters. The quantitative estimate of drug-likeness (QED) is 0.712. The predicted molar refractivity (Wildman–Crippen MR) is 89.3 cm³/mol. The van der Waals surface area contributed by atoms with Crippen molar-refractivity contribution in [3.63, 3.8) is 0 Å². The molecule has 0 radical (unpaired) electrons. The highest BCUT2D eigenvalue weighted by Crippen LogP contribution is 2.73. The van der Waals surface area contributed by atoms with E-state index in [1.165, 1.54) is 12.8 Å². The largest absolute Gasteiger partial charge is 0.465 e. The van der Waals surface area contributed by atoms with E-state index in [-0.39, 0.29) is 17.5 Å². The molecule has 0 aromatic rings. The molecule has 0 aromatic carbocycles. The van der Waals surface area contributed by atoms with Gasteiger partial charge in [-0.15, -0.1) is 0 Å². The van der Waals surface area contributed by atoms with Crippen molar-refractivity contribution in [2.24, 2.45) is 23.2 Å². The second-order valence-corrected chi connectivity index (χ2v) is 9.53. The van der Waals surface area contributed by atoms with Gasteiger partial charge in [-0.2, -0.15) is 0 Å². The molecule has 3 saturated heterocycles. The second kappa shape index (κ2) is 4.55. The molecule has 6 bridgehead atoms. The lowest BCUT2D eigenvalue weighted by Crippen LogP contribution is -2.64. The Kier molecular flexibility index (Phi) is 2.75. The third-order valence-corrected chi connectivity index (χ3v) is 8.29. The van der Waals surface area contributed by atoms with Gasteiger partial charge >= 0.3 is 12.0 Å². The van der Waals surface area contributed by atoms with Crippen LogP contribution in [0.3, 0.4) is 0 Å². The minimum Gasteiger partial charge on any atom is -0.465 e. The molecular weight excluding hydrogens is 336 g/mol. The Morgan fingerprint density at radius 1 is 1.19 bits per heavy atom. The van der Waals surface area contributed by atoms with E-state index in [0.29, 0.717) is 39.2 Å². The highest BCUT2D eigenvalue weighted by molar-refractivity contribution is 5.82. The van der Waals surface area contributed by atoms with Gasteiger partial charge in [-0.05, 0) is 56.8 Å². The zero-order valence-corrected chi connectivity index (χ0v) is 15.1. The van der Waals surface area contributed by atoms with E-state index in [1.807, 2.05) is 6.92 Å². The number of rotatable bonds is 5. The monoisotopic (exact) mass is 362 g/mol. The molecule has 8 rings (SSSR count). The summed E-state index contributed by atoms with van der Waals surface area (Å²) in [5.74, 6) is 2.09. The second-order valence-electron chi connectivity index (χ2n) is 9.53. The third kappa shape index (κ3) is 1.63. The van der Waals surface area contributed by atoms with E-state index in [4.69, 9.17) is 14.2 Å². The van der Waals surface area contributed by atoms with Gasteiger partial charge in [0, 0.05) is 12.1 Å². The van der Waals surface area contributed by atoms with Crippen LogP contribution in [0.2, 0.25) is 0 Å². The summed E-state index contributed by atoms with van der Waals surface area (Å²) in [6.07, 6.45) is 4.97. The maximum Gasteiger partial charge on any atom is 0.315 e. The Morgan fingerprint density at radius 2 is 1.92 bits per heavy atom. The topological polar surface area (TPSA) is 85.9 Å². The first-order valence-electron chi connectivity index (χ1n) is 9.98. The van der Waals surface area contributed by atoms with Crippen LogP contribution in [0.1, 0.15) is 39.0 Å². The van der Waals surface area contributed by atoms with Crippen LogP contribution < -0.4 is 10.6 Å². The molecule has 2 amide bonds. The van der Waals surface area contributed by atoms with Crippen molar-refractivity contribution in [1.82, 2.24) is 10.6 Å². The van der Waals surface area contributed by atoms with Crippen LogP contribution in [-0.4, -0.2) is 55.1 Å². The van der Waals surface area contributed by atoms with Crippen molar-refractivity contribution in [2.75, 3.05) is 26.4 Å². The van der Waals surface area contributed by atoms with E-state index in [0.717, 1.165) is 24.2 Å². The van der Waals surface area contributed by atoms with E-state index in [1.54, 1.807) is 0 Å². The van der Waals surface area contributed by atoms with Crippen LogP contribution in [0, 0.1) is 23.2 Å². The van der Waals surface area contributed by atoms with Crippen molar-refractivity contribution in [2.45, 2.75) is 55.8 Å². The minimum atomic E-state index is -0.591. The van der Waals surface area contributed by atoms with Crippen LogP contribution in [-0.2, 0) is 19.0 Å². The van der Waals surface area contributed by atoms with Crippen LogP contribution in [0.5, 0.6) is 0 Å². The summed E-state index contributed by atoms with van der Waals surface area (Å²) in [5, 5.41) is 6.29. The van der Waals surface area contributed by atoms with Gasteiger partial charge < -0.3 is 24.8 Å². The number of esters is 1. The molecule has 7 heteroatoms. The van der Waals surface area contributed by atoms with Gasteiger partial charge in [-0.3, -0.25) is 4.79 Å². The zero-order chi connectivity index (χ0) is 17.8. The lowest BCUT2D eigenvalue weighted by molar-refractivity contribution is -0.221. The average Bonchev–Trinajstić information content (AvgIpc) is 3.13. The van der Waals surface area contributed by atoms with Crippen molar-refractivity contribution < 1.29 is 23.8 Å². The van der Waals surface area contributed by atoms with Crippen molar-refractivity contribution in [1.29, 1.82) is 0 Å². The number of urea groups is 1. The predicted octanol–water partition coefficient (Wildman–Crippen LogP) is 0.965. The maximum absolute atomic E-state index is 12.6. The van der Waals surface area contributed by atoms with Gasteiger partial charge in [0.1, 0.15) is 11.0 Å². The number of carbonyl (C=O) groups excluding carboxylic acids is 2. The van der Waals surface area contributed by atoms with Gasteiger partial charge in [-0.1, -0.05) is 0 Å². The van der Waals surface area contributed by atoms with E-state index in [2.05, 4.69) is 10.6 Å². The summed E-state index contributed by atoms with van der Waals surface area (Å²) in [5.41, 5.74) is -1.50. The molecule has 142 valence electrons. The fourth-order valence-electron chi connectivity index (χ4n) is 7.19. The van der Waals surface area contributed by atoms with Gasteiger partial charge in [0.2, 0.25) is 0 Å². The number of nitrogens with one attached hydrogen (secondary N) is 2. The molecule has 3 heterocycles. The summed E-state index contributed by atoms with van der Waals surface area (Å²) >= 11 is 0. The summed E-state index contributed by atoms with van der Waals surface area (Å²) < 4.78 is 17.0. The average molecular weight is 362 g/mol. The lowest BCUT2D eigenvalue weighted by Gasteiger charge is -2.48. The van der Waals surface area contributed by atoms with Gasteiger partial charge in [0.05, 0.1) is 25.4 Å². The molecule has 8 fully saturated rings. The maximum atomic E-state index is 12.6. The first-order chi connectivity index (χ1) is 12.5. The first-order valence-corrected chi connectivity index (χ1v) is 9.98. The molecule has 8 aliphatic rings. The molecule has 0 aromatic heterocycles. The van der Waals surface area contributed by atoms with Crippen molar-refractivity contribution >= 4 is 12.0 Å². The molecule has 5 aliphatic carbocycles. The molecule has 2 N–H and O–H groups in total. The zero-order valence-electron chi connectivity index (χ0n) is 15.1. The number of amides is 2. The number of hydrogen-bond donors (Lipinski definition) is 2. The van der Waals surface area contributed by atoms with Crippen LogP contribution >= 0.6 is 0 Å². The van der Waals surface area contributed by atoms with Crippen molar-refractivity contribution in [3.8, 4) is 0 Å². The Morgan fingerprint density at radius 3 is 2.46 bits per heavy atom. The van der Waals surface area contributed by atoms with Gasteiger partial charge in [-0.25, -0.2) is 4.79 Å². The van der Waals surface area contributed by atoms with Gasteiger partial charge in [0.25, 0.3) is 0 Å². The third-order valence-electron chi connectivity index (χ3n) is 8.29. The first kappa shape index (κ1) is 15.7. The minimum absolute atomic E-state index is 0.0857. The SMILES string of the molecule is CCOC(=O)C12CC(CNC(=O)NC34CC5CC3C4C5)(C1)OC21COC1. The number of carbonyl (C=O) groups is 2. The highest BCUT2D eigenvalue weighted by atomic mass is 16.6. The Labute approximate surface area is 152 Å². The fraction of sp³-hybridized carbons (Fsp3) is 0.895. The smallest absolute Gasteiger partial charge is 0.315 e. The van der Waals surface area contributed by atoms with E-state index >= 15 is 0 Å². The number of ether oxygens (including phenoxy) is 3. The van der Waals surface area contributed by atoms with E-state index in [9.17, 15) is 9.59 Å². The molecule has 5 saturated carbocycles. The Bertz CT molecular complexity index is 684. The highest BCUT2D eigenvalue weighted by Gasteiger charge is 2.81. The van der Waals surface area contributed by atoms with Crippen LogP contribution in [0.25, 0.3) is 0 Å². The molecule has 2 unspecified atom stereocenters. The Balaban J connectivity index is 1.10. The summed E-state index contributed by atoms with van der Waals surface area (Å²) in [7, 11) is 0. The van der Waals surface area contributed by atoms with E-state index < -0.39 is 16.6 Å². The summed E-state index contributed by atoms with van der Waals surface area (Å²) in [4.78, 5) is 25.0. The Hall–Kier alpha value is -1.34. The lowest BCUT2D eigenvalue weighted by atomic mass is 9.55. The number of hydrogen-bond acceptors (Lipinski definition) is 5. The van der Waals surface area contributed by atoms with Crippen molar-refractivity contribution in [3.05, 3.63) is 0 Å². The van der Waals surface area contributed by atoms with Crippen LogP contribution in [0.15, 0.2) is 0 Å². The molecule has 3 aliphatic heterocycles.